The molecule has 2 aromatic carbocycles. The number of anilines is 2. The Morgan fingerprint density at radius 3 is 2.38 bits per heavy atom. The minimum atomic E-state index is -0.101. The smallest absolute Gasteiger partial charge is 0.242 e. The van der Waals surface area contributed by atoms with Gasteiger partial charge in [0.25, 0.3) is 0 Å². The van der Waals surface area contributed by atoms with Crippen molar-refractivity contribution < 1.29 is 9.59 Å². The van der Waals surface area contributed by atoms with Gasteiger partial charge in [-0.2, -0.15) is 0 Å². The van der Waals surface area contributed by atoms with Crippen LogP contribution in [0.4, 0.5) is 11.4 Å². The van der Waals surface area contributed by atoms with Gasteiger partial charge in [0.2, 0.25) is 11.8 Å². The molecule has 0 saturated carbocycles. The second-order valence-corrected chi connectivity index (χ2v) is 5.95. The summed E-state index contributed by atoms with van der Waals surface area (Å²) < 4.78 is 0. The first kappa shape index (κ1) is 16.1. The molecule has 1 aliphatic heterocycles. The van der Waals surface area contributed by atoms with E-state index in [1.807, 2.05) is 41.3 Å². The summed E-state index contributed by atoms with van der Waals surface area (Å²) in [6.45, 7) is 3.18. The SMILES string of the molecule is CC(=O)Nc1ccc(NCC(=O)N2CCc3ccccc3C2)cc1. The number of hydrogen-bond acceptors (Lipinski definition) is 3. The van der Waals surface area contributed by atoms with Gasteiger partial charge in [0.15, 0.2) is 0 Å². The van der Waals surface area contributed by atoms with Gasteiger partial charge in [0.05, 0.1) is 6.54 Å². The number of rotatable bonds is 4. The summed E-state index contributed by atoms with van der Waals surface area (Å²) in [7, 11) is 0. The second-order valence-electron chi connectivity index (χ2n) is 5.95. The maximum absolute atomic E-state index is 12.4. The molecule has 5 nitrogen and oxygen atoms in total. The number of hydrogen-bond donors (Lipinski definition) is 2. The lowest BCUT2D eigenvalue weighted by Crippen LogP contribution is -2.39. The van der Waals surface area contributed by atoms with Crippen LogP contribution >= 0.6 is 0 Å². The number of carbonyl (C=O) groups excluding carboxylic acids is 2. The maximum Gasteiger partial charge on any atom is 0.242 e. The highest BCUT2D eigenvalue weighted by Gasteiger charge is 2.19. The Kier molecular flexibility index (Phi) is 4.79. The van der Waals surface area contributed by atoms with Gasteiger partial charge in [-0.1, -0.05) is 24.3 Å². The first-order chi connectivity index (χ1) is 11.6. The lowest BCUT2D eigenvalue weighted by atomic mass is 10.00. The van der Waals surface area contributed by atoms with Crippen LogP contribution in [-0.4, -0.2) is 29.8 Å². The van der Waals surface area contributed by atoms with Gasteiger partial charge in [-0.3, -0.25) is 9.59 Å². The fourth-order valence-corrected chi connectivity index (χ4v) is 2.87. The van der Waals surface area contributed by atoms with E-state index in [-0.39, 0.29) is 18.4 Å². The van der Waals surface area contributed by atoms with Gasteiger partial charge in [0.1, 0.15) is 0 Å². The van der Waals surface area contributed by atoms with Gasteiger partial charge in [-0.05, 0) is 41.8 Å². The summed E-state index contributed by atoms with van der Waals surface area (Å²) in [5.74, 6) is -0.00768. The van der Waals surface area contributed by atoms with Gasteiger partial charge >= 0.3 is 0 Å². The van der Waals surface area contributed by atoms with E-state index in [4.69, 9.17) is 0 Å². The summed E-state index contributed by atoms with van der Waals surface area (Å²) in [6.07, 6.45) is 0.910. The van der Waals surface area contributed by atoms with Crippen molar-refractivity contribution in [2.45, 2.75) is 19.9 Å². The summed E-state index contributed by atoms with van der Waals surface area (Å²) in [6, 6.07) is 15.6. The maximum atomic E-state index is 12.4. The predicted molar refractivity (Wildman–Crippen MR) is 94.8 cm³/mol. The van der Waals surface area contributed by atoms with Crippen LogP contribution in [0.3, 0.4) is 0 Å². The Hall–Kier alpha value is -2.82. The topological polar surface area (TPSA) is 61.4 Å². The molecule has 0 bridgehead atoms. The Labute approximate surface area is 141 Å². The van der Waals surface area contributed by atoms with Crippen molar-refractivity contribution in [2.75, 3.05) is 23.7 Å². The lowest BCUT2D eigenvalue weighted by molar-refractivity contribution is -0.130. The van der Waals surface area contributed by atoms with E-state index in [1.165, 1.54) is 18.1 Å². The normalized spacial score (nSPS) is 13.1. The quantitative estimate of drug-likeness (QED) is 0.909. The Morgan fingerprint density at radius 1 is 1.00 bits per heavy atom. The van der Waals surface area contributed by atoms with Crippen molar-refractivity contribution in [3.8, 4) is 0 Å². The number of nitrogens with one attached hydrogen (secondary N) is 2. The molecule has 0 spiro atoms. The zero-order valence-electron chi connectivity index (χ0n) is 13.7. The third-order valence-corrected chi connectivity index (χ3v) is 4.13. The Balaban J connectivity index is 1.53. The fourth-order valence-electron chi connectivity index (χ4n) is 2.87. The van der Waals surface area contributed by atoms with Crippen molar-refractivity contribution >= 4 is 23.2 Å². The number of benzene rings is 2. The van der Waals surface area contributed by atoms with Gasteiger partial charge < -0.3 is 15.5 Å². The second kappa shape index (κ2) is 7.17. The van der Waals surface area contributed by atoms with E-state index in [2.05, 4.69) is 22.8 Å². The van der Waals surface area contributed by atoms with Crippen molar-refractivity contribution in [1.82, 2.24) is 4.90 Å². The summed E-state index contributed by atoms with van der Waals surface area (Å²) >= 11 is 0. The van der Waals surface area contributed by atoms with Crippen molar-refractivity contribution in [1.29, 1.82) is 0 Å². The summed E-state index contributed by atoms with van der Waals surface area (Å²) in [4.78, 5) is 25.3. The fraction of sp³-hybridized carbons (Fsp3) is 0.263. The number of nitrogens with zero attached hydrogens (tertiary/aromatic N) is 1. The minimum Gasteiger partial charge on any atom is -0.376 e. The third kappa shape index (κ3) is 3.93. The zero-order valence-corrected chi connectivity index (χ0v) is 13.7. The molecule has 5 heteroatoms. The van der Waals surface area contributed by atoms with E-state index >= 15 is 0 Å². The molecular formula is C19H21N3O2. The van der Waals surface area contributed by atoms with Gasteiger partial charge in [-0.15, -0.1) is 0 Å². The van der Waals surface area contributed by atoms with E-state index in [0.717, 1.165) is 24.3 Å². The zero-order chi connectivity index (χ0) is 16.9. The number of amides is 2. The molecular weight excluding hydrogens is 302 g/mol. The molecule has 124 valence electrons. The molecule has 0 fully saturated rings. The van der Waals surface area contributed by atoms with Crippen LogP contribution in [0.15, 0.2) is 48.5 Å². The van der Waals surface area contributed by atoms with Crippen LogP contribution in [-0.2, 0) is 22.6 Å². The highest BCUT2D eigenvalue weighted by molar-refractivity contribution is 5.89. The molecule has 2 aromatic rings. The van der Waals surface area contributed by atoms with Gasteiger partial charge in [-0.25, -0.2) is 0 Å². The molecule has 2 N–H and O–H groups in total. The summed E-state index contributed by atoms with van der Waals surface area (Å²) in [5, 5.41) is 5.86. The monoisotopic (exact) mass is 323 g/mol. The van der Waals surface area contributed by atoms with Crippen molar-refractivity contribution in [3.63, 3.8) is 0 Å². The summed E-state index contributed by atoms with van der Waals surface area (Å²) in [5.41, 5.74) is 4.17. The molecule has 2 amide bonds. The average Bonchev–Trinajstić information content (AvgIpc) is 2.60. The molecule has 1 heterocycles. The predicted octanol–water partition coefficient (Wildman–Crippen LogP) is 2.64. The van der Waals surface area contributed by atoms with E-state index in [0.29, 0.717) is 6.54 Å². The van der Waals surface area contributed by atoms with E-state index in [9.17, 15) is 9.59 Å². The molecule has 1 aliphatic rings. The molecule has 0 saturated heterocycles. The Bertz CT molecular complexity index is 741. The number of fused-ring (bicyclic) bond motifs is 1. The average molecular weight is 323 g/mol. The van der Waals surface area contributed by atoms with Gasteiger partial charge in [0, 0.05) is 31.4 Å². The third-order valence-electron chi connectivity index (χ3n) is 4.13. The van der Waals surface area contributed by atoms with Crippen molar-refractivity contribution in [3.05, 3.63) is 59.7 Å². The molecule has 0 unspecified atom stereocenters. The van der Waals surface area contributed by atoms with Crippen LogP contribution < -0.4 is 10.6 Å². The molecule has 24 heavy (non-hydrogen) atoms. The molecule has 0 aliphatic carbocycles. The first-order valence-electron chi connectivity index (χ1n) is 8.08. The molecule has 0 radical (unpaired) electrons. The lowest BCUT2D eigenvalue weighted by Gasteiger charge is -2.29. The van der Waals surface area contributed by atoms with Crippen LogP contribution in [0.1, 0.15) is 18.1 Å². The largest absolute Gasteiger partial charge is 0.376 e. The standard InChI is InChI=1S/C19H21N3O2/c1-14(23)21-18-8-6-17(7-9-18)20-12-19(24)22-11-10-15-4-2-3-5-16(15)13-22/h2-9,20H,10-13H2,1H3,(H,21,23). The van der Waals surface area contributed by atoms with Crippen LogP contribution in [0.5, 0.6) is 0 Å². The Morgan fingerprint density at radius 2 is 1.67 bits per heavy atom. The highest BCUT2D eigenvalue weighted by Crippen LogP contribution is 2.19. The minimum absolute atomic E-state index is 0.0930. The highest BCUT2D eigenvalue weighted by atomic mass is 16.2. The first-order valence-corrected chi connectivity index (χ1v) is 8.08. The molecule has 0 atom stereocenters. The van der Waals surface area contributed by atoms with E-state index < -0.39 is 0 Å². The molecule has 3 rings (SSSR count). The van der Waals surface area contributed by atoms with Crippen LogP contribution in [0, 0.1) is 0 Å². The van der Waals surface area contributed by atoms with Crippen molar-refractivity contribution in [2.24, 2.45) is 0 Å². The van der Waals surface area contributed by atoms with E-state index in [1.54, 1.807) is 0 Å². The number of carbonyl (C=O) groups is 2. The van der Waals surface area contributed by atoms with Crippen LogP contribution in [0.2, 0.25) is 0 Å². The molecule has 0 aromatic heterocycles. The van der Waals surface area contributed by atoms with Crippen LogP contribution in [0.25, 0.3) is 0 Å².